The van der Waals surface area contributed by atoms with Gasteiger partial charge in [0.2, 0.25) is 5.95 Å². The molecule has 0 saturated carbocycles. The average molecular weight is 778 g/mol. The van der Waals surface area contributed by atoms with Crippen molar-refractivity contribution in [2.24, 2.45) is 0 Å². The highest BCUT2D eigenvalue weighted by Crippen LogP contribution is 2.43. The van der Waals surface area contributed by atoms with Crippen molar-refractivity contribution >= 4 is 76.3 Å². The van der Waals surface area contributed by atoms with Crippen LogP contribution in [0.1, 0.15) is 0 Å². The molecule has 13 aromatic rings. The molecule has 13 rings (SSSR count). The van der Waals surface area contributed by atoms with Crippen molar-refractivity contribution in [3.8, 4) is 39.7 Å². The van der Waals surface area contributed by atoms with Gasteiger partial charge >= 0.3 is 0 Å². The standard InChI is InChI=1S/C56H35N5/c1-3-16-36(17-4-1)38-20-15-21-39(34-38)59-48-28-13-9-24-43(48)53-51(59)32-33-52-54(53)44-25-10-14-29-49(44)60(52)40-30-31-50-45(35-40)41-22-8-12-27-47(41)61(50)56-57-46-26-11-7-23-42(46)55(58-56)37-18-5-2-6-19-37/h1-35H. The maximum Gasteiger partial charge on any atom is 0.235 e. The van der Waals surface area contributed by atoms with E-state index in [1.54, 1.807) is 0 Å². The fraction of sp³-hybridized carbons (Fsp3) is 0. The Morgan fingerprint density at radius 1 is 0.279 bits per heavy atom. The summed E-state index contributed by atoms with van der Waals surface area (Å²) in [5.41, 5.74) is 14.4. The van der Waals surface area contributed by atoms with Crippen LogP contribution in [0.15, 0.2) is 212 Å². The summed E-state index contributed by atoms with van der Waals surface area (Å²) in [6.07, 6.45) is 0. The van der Waals surface area contributed by atoms with E-state index in [-0.39, 0.29) is 0 Å². The van der Waals surface area contributed by atoms with Gasteiger partial charge in [-0.2, -0.15) is 0 Å². The van der Waals surface area contributed by atoms with Crippen LogP contribution in [0.4, 0.5) is 0 Å². The summed E-state index contributed by atoms with van der Waals surface area (Å²) in [7, 11) is 0. The molecule has 0 atom stereocenters. The summed E-state index contributed by atoms with van der Waals surface area (Å²) in [5.74, 6) is 0.654. The van der Waals surface area contributed by atoms with E-state index in [1.807, 2.05) is 12.1 Å². The minimum absolute atomic E-state index is 0.654. The minimum Gasteiger partial charge on any atom is -0.309 e. The second-order valence-corrected chi connectivity index (χ2v) is 15.8. The van der Waals surface area contributed by atoms with Crippen molar-refractivity contribution in [1.29, 1.82) is 0 Å². The van der Waals surface area contributed by atoms with Crippen molar-refractivity contribution in [3.05, 3.63) is 212 Å². The number of para-hydroxylation sites is 4. The molecule has 0 spiro atoms. The lowest BCUT2D eigenvalue weighted by Gasteiger charge is -2.12. The molecule has 0 fully saturated rings. The van der Waals surface area contributed by atoms with E-state index in [2.05, 4.69) is 214 Å². The van der Waals surface area contributed by atoms with Crippen LogP contribution >= 0.6 is 0 Å². The van der Waals surface area contributed by atoms with Crippen molar-refractivity contribution in [1.82, 2.24) is 23.7 Å². The summed E-state index contributed by atoms with van der Waals surface area (Å²) >= 11 is 0. The smallest absolute Gasteiger partial charge is 0.235 e. The number of nitrogens with zero attached hydrogens (tertiary/aromatic N) is 5. The molecule has 0 saturated heterocycles. The van der Waals surface area contributed by atoms with E-state index >= 15 is 0 Å². The summed E-state index contributed by atoms with van der Waals surface area (Å²) in [4.78, 5) is 10.5. The predicted molar refractivity (Wildman–Crippen MR) is 253 cm³/mol. The summed E-state index contributed by atoms with van der Waals surface area (Å²) in [6.45, 7) is 0. The largest absolute Gasteiger partial charge is 0.309 e. The second-order valence-electron chi connectivity index (χ2n) is 15.8. The normalized spacial score (nSPS) is 11.9. The number of rotatable bonds is 5. The molecular formula is C56H35N5. The Hall–Kier alpha value is -8.28. The molecule has 5 heteroatoms. The zero-order valence-electron chi connectivity index (χ0n) is 32.9. The third kappa shape index (κ3) is 5.01. The van der Waals surface area contributed by atoms with E-state index in [0.29, 0.717) is 5.95 Å². The van der Waals surface area contributed by atoms with Gasteiger partial charge in [0.25, 0.3) is 0 Å². The zero-order valence-corrected chi connectivity index (χ0v) is 32.9. The highest BCUT2D eigenvalue weighted by Gasteiger charge is 2.22. The van der Waals surface area contributed by atoms with Gasteiger partial charge in [-0.1, -0.05) is 146 Å². The lowest BCUT2D eigenvalue weighted by atomic mass is 10.0. The second kappa shape index (κ2) is 13.1. The number of hydrogen-bond donors (Lipinski definition) is 0. The van der Waals surface area contributed by atoms with E-state index < -0.39 is 0 Å². The van der Waals surface area contributed by atoms with Crippen LogP contribution < -0.4 is 0 Å². The molecule has 284 valence electrons. The van der Waals surface area contributed by atoms with Crippen molar-refractivity contribution in [2.75, 3.05) is 0 Å². The molecule has 61 heavy (non-hydrogen) atoms. The van der Waals surface area contributed by atoms with E-state index in [1.165, 1.54) is 54.7 Å². The molecule has 5 nitrogen and oxygen atoms in total. The molecule has 0 aliphatic carbocycles. The van der Waals surface area contributed by atoms with Gasteiger partial charge in [-0.3, -0.25) is 4.57 Å². The van der Waals surface area contributed by atoms with Gasteiger partial charge in [-0.25, -0.2) is 9.97 Å². The van der Waals surface area contributed by atoms with Gasteiger partial charge in [-0.05, 0) is 77.9 Å². The Labute approximate surface area is 350 Å². The first-order valence-electron chi connectivity index (χ1n) is 20.8. The molecule has 0 N–H and O–H groups in total. The number of fused-ring (bicyclic) bond motifs is 11. The van der Waals surface area contributed by atoms with Crippen molar-refractivity contribution in [3.63, 3.8) is 0 Å². The average Bonchev–Trinajstić information content (AvgIpc) is 3.97. The lowest BCUT2D eigenvalue weighted by molar-refractivity contribution is 1.01. The molecule has 4 heterocycles. The number of aromatic nitrogens is 5. The maximum absolute atomic E-state index is 5.31. The summed E-state index contributed by atoms with van der Waals surface area (Å²) in [6, 6.07) is 76.0. The summed E-state index contributed by atoms with van der Waals surface area (Å²) < 4.78 is 7.10. The van der Waals surface area contributed by atoms with Gasteiger partial charge in [0, 0.05) is 54.6 Å². The van der Waals surface area contributed by atoms with E-state index in [9.17, 15) is 0 Å². The molecule has 0 radical (unpaired) electrons. The van der Waals surface area contributed by atoms with E-state index in [0.717, 1.165) is 55.3 Å². The van der Waals surface area contributed by atoms with E-state index in [4.69, 9.17) is 9.97 Å². The molecule has 4 aromatic heterocycles. The maximum atomic E-state index is 5.31. The van der Waals surface area contributed by atoms with Crippen LogP contribution in [-0.4, -0.2) is 23.7 Å². The summed E-state index contributed by atoms with van der Waals surface area (Å²) in [5, 5.41) is 8.31. The Morgan fingerprint density at radius 3 is 1.44 bits per heavy atom. The molecule has 9 aromatic carbocycles. The molecule has 0 aliphatic rings. The molecule has 0 bridgehead atoms. The molecule has 0 aliphatic heterocycles. The topological polar surface area (TPSA) is 40.6 Å². The Kier molecular flexibility index (Phi) is 7.24. The molecule has 0 amide bonds. The first-order valence-corrected chi connectivity index (χ1v) is 20.8. The highest BCUT2D eigenvalue weighted by atomic mass is 15.2. The Bertz CT molecular complexity index is 3870. The van der Waals surface area contributed by atoms with Gasteiger partial charge in [0.05, 0.1) is 44.3 Å². The van der Waals surface area contributed by atoms with Gasteiger partial charge in [-0.15, -0.1) is 0 Å². The van der Waals surface area contributed by atoms with Gasteiger partial charge < -0.3 is 9.13 Å². The first-order chi connectivity index (χ1) is 30.3. The quantitative estimate of drug-likeness (QED) is 0.175. The van der Waals surface area contributed by atoms with Gasteiger partial charge in [0.1, 0.15) is 0 Å². The third-order valence-corrected chi connectivity index (χ3v) is 12.4. The highest BCUT2D eigenvalue weighted by molar-refractivity contribution is 6.29. The Balaban J connectivity index is 1.05. The van der Waals surface area contributed by atoms with Crippen LogP contribution in [0, 0.1) is 0 Å². The number of benzene rings is 9. The number of hydrogen-bond acceptors (Lipinski definition) is 2. The Morgan fingerprint density at radius 2 is 0.770 bits per heavy atom. The van der Waals surface area contributed by atoms with Crippen LogP contribution in [0.2, 0.25) is 0 Å². The first kappa shape index (κ1) is 33.7. The van der Waals surface area contributed by atoms with Crippen molar-refractivity contribution in [2.45, 2.75) is 0 Å². The van der Waals surface area contributed by atoms with Crippen LogP contribution in [0.5, 0.6) is 0 Å². The fourth-order valence-corrected chi connectivity index (χ4v) is 9.83. The van der Waals surface area contributed by atoms with Crippen LogP contribution in [-0.2, 0) is 0 Å². The minimum atomic E-state index is 0.654. The molecule has 0 unspecified atom stereocenters. The monoisotopic (exact) mass is 777 g/mol. The fourth-order valence-electron chi connectivity index (χ4n) is 9.83. The lowest BCUT2D eigenvalue weighted by Crippen LogP contribution is -2.03. The third-order valence-electron chi connectivity index (χ3n) is 12.4. The molecular weight excluding hydrogens is 743 g/mol. The zero-order chi connectivity index (χ0) is 40.0. The predicted octanol–water partition coefficient (Wildman–Crippen LogP) is 14.3. The van der Waals surface area contributed by atoms with Crippen molar-refractivity contribution < 1.29 is 0 Å². The SMILES string of the molecule is c1ccc(-c2cccc(-n3c4ccccc4c4c5c6ccccc6n(-c6ccc7c(c6)c6ccccc6n7-c6nc(-c7ccccc7)c7ccccc7n6)c5ccc43)c2)cc1. The van der Waals surface area contributed by atoms with Crippen LogP contribution in [0.25, 0.3) is 116 Å². The van der Waals surface area contributed by atoms with Crippen LogP contribution in [0.3, 0.4) is 0 Å². The van der Waals surface area contributed by atoms with Gasteiger partial charge in [0.15, 0.2) is 0 Å².